The fourth-order valence-corrected chi connectivity index (χ4v) is 1.26. The van der Waals surface area contributed by atoms with Crippen LogP contribution in [0, 0.1) is 0 Å². The van der Waals surface area contributed by atoms with E-state index < -0.39 is 0 Å². The van der Waals surface area contributed by atoms with Gasteiger partial charge in [-0.05, 0) is 6.92 Å². The van der Waals surface area contributed by atoms with Gasteiger partial charge in [-0.1, -0.05) is 0 Å². The highest BCUT2D eigenvalue weighted by molar-refractivity contribution is 5.93. The van der Waals surface area contributed by atoms with Gasteiger partial charge in [-0.3, -0.25) is 9.48 Å². The zero-order valence-electron chi connectivity index (χ0n) is 8.58. The lowest BCUT2D eigenvalue weighted by Crippen LogP contribution is -2.01. The van der Waals surface area contributed by atoms with Gasteiger partial charge in [-0.25, -0.2) is 0 Å². The Morgan fingerprint density at radius 2 is 2.20 bits per heavy atom. The number of aryl methyl sites for hydroxylation is 1. The second-order valence-electron chi connectivity index (χ2n) is 3.31. The molecule has 0 atom stereocenters. The Bertz CT molecular complexity index is 484. The Balaban J connectivity index is 2.14. The van der Waals surface area contributed by atoms with Crippen LogP contribution in [0.25, 0.3) is 0 Å². The van der Waals surface area contributed by atoms with E-state index in [2.05, 4.69) is 15.3 Å². The van der Waals surface area contributed by atoms with Gasteiger partial charge in [0.25, 0.3) is 0 Å². The summed E-state index contributed by atoms with van der Waals surface area (Å²) in [5.74, 6) is 0.0143. The molecule has 6 heteroatoms. The molecule has 0 aliphatic rings. The topological polar surface area (TPSA) is 65.6 Å². The average molecular weight is 205 g/mol. The lowest BCUT2D eigenvalue weighted by Gasteiger charge is -1.95. The van der Waals surface area contributed by atoms with Crippen LogP contribution in [-0.2, 0) is 13.6 Å². The molecule has 6 nitrogen and oxygen atoms in total. The maximum atomic E-state index is 11.0. The SMILES string of the molecule is CC(=O)c1cnn(Cc2cnn(C)n2)c1. The lowest BCUT2D eigenvalue weighted by atomic mass is 10.3. The smallest absolute Gasteiger partial charge is 0.162 e. The number of carbonyl (C=O) groups excluding carboxylic acids is 1. The molecule has 0 N–H and O–H groups in total. The van der Waals surface area contributed by atoms with Crippen molar-refractivity contribution in [3.8, 4) is 0 Å². The third kappa shape index (κ3) is 2.09. The van der Waals surface area contributed by atoms with Gasteiger partial charge < -0.3 is 0 Å². The number of hydrogen-bond acceptors (Lipinski definition) is 4. The molecule has 2 rings (SSSR count). The Morgan fingerprint density at radius 3 is 2.73 bits per heavy atom. The van der Waals surface area contributed by atoms with Gasteiger partial charge >= 0.3 is 0 Å². The second-order valence-corrected chi connectivity index (χ2v) is 3.31. The minimum absolute atomic E-state index is 0.0143. The highest BCUT2D eigenvalue weighted by Crippen LogP contribution is 2.01. The van der Waals surface area contributed by atoms with Crippen molar-refractivity contribution in [3.63, 3.8) is 0 Å². The van der Waals surface area contributed by atoms with E-state index in [4.69, 9.17) is 0 Å². The molecule has 0 aliphatic carbocycles. The minimum Gasteiger partial charge on any atom is -0.294 e. The lowest BCUT2D eigenvalue weighted by molar-refractivity contribution is 0.101. The maximum Gasteiger partial charge on any atom is 0.162 e. The molecular formula is C9H11N5O. The third-order valence-electron chi connectivity index (χ3n) is 2.01. The van der Waals surface area contributed by atoms with Gasteiger partial charge in [0.1, 0.15) is 5.69 Å². The summed E-state index contributed by atoms with van der Waals surface area (Å²) in [5, 5.41) is 12.1. The molecule has 0 amide bonds. The van der Waals surface area contributed by atoms with Crippen LogP contribution in [0.3, 0.4) is 0 Å². The molecule has 0 spiro atoms. The van der Waals surface area contributed by atoms with Crippen molar-refractivity contribution in [2.75, 3.05) is 0 Å². The van der Waals surface area contributed by atoms with E-state index in [0.29, 0.717) is 12.1 Å². The summed E-state index contributed by atoms with van der Waals surface area (Å²) >= 11 is 0. The molecule has 0 aromatic carbocycles. The first-order chi connectivity index (χ1) is 7.15. The van der Waals surface area contributed by atoms with E-state index in [1.807, 2.05) is 0 Å². The fraction of sp³-hybridized carbons (Fsp3) is 0.333. The first kappa shape index (κ1) is 9.57. The number of ketones is 1. The van der Waals surface area contributed by atoms with Crippen molar-refractivity contribution in [1.82, 2.24) is 24.8 Å². The number of rotatable bonds is 3. The van der Waals surface area contributed by atoms with Crippen molar-refractivity contribution in [2.45, 2.75) is 13.5 Å². The number of carbonyl (C=O) groups is 1. The fourth-order valence-electron chi connectivity index (χ4n) is 1.26. The molecule has 0 unspecified atom stereocenters. The molecule has 2 heterocycles. The van der Waals surface area contributed by atoms with Crippen molar-refractivity contribution in [1.29, 1.82) is 0 Å². The number of aromatic nitrogens is 5. The van der Waals surface area contributed by atoms with Gasteiger partial charge in [-0.2, -0.15) is 20.1 Å². The van der Waals surface area contributed by atoms with Gasteiger partial charge in [0.05, 0.1) is 24.5 Å². The summed E-state index contributed by atoms with van der Waals surface area (Å²) in [6.45, 7) is 2.05. The monoisotopic (exact) mass is 205 g/mol. The van der Waals surface area contributed by atoms with Crippen LogP contribution in [0.15, 0.2) is 18.6 Å². The van der Waals surface area contributed by atoms with E-state index in [1.165, 1.54) is 11.7 Å². The van der Waals surface area contributed by atoms with E-state index in [0.717, 1.165) is 5.69 Å². The zero-order valence-corrected chi connectivity index (χ0v) is 8.58. The average Bonchev–Trinajstić information content (AvgIpc) is 2.76. The van der Waals surface area contributed by atoms with Crippen LogP contribution in [0.4, 0.5) is 0 Å². The van der Waals surface area contributed by atoms with Crippen molar-refractivity contribution in [3.05, 3.63) is 29.8 Å². The second kappa shape index (κ2) is 3.64. The maximum absolute atomic E-state index is 11.0. The Hall–Kier alpha value is -1.98. The molecule has 2 aromatic rings. The molecule has 78 valence electrons. The normalized spacial score (nSPS) is 10.5. The minimum atomic E-state index is 0.0143. The van der Waals surface area contributed by atoms with Crippen LogP contribution >= 0.6 is 0 Å². The van der Waals surface area contributed by atoms with Crippen LogP contribution in [0.2, 0.25) is 0 Å². The number of Topliss-reactive ketones (excluding diaryl/α,β-unsaturated/α-hetero) is 1. The van der Waals surface area contributed by atoms with Crippen LogP contribution in [-0.4, -0.2) is 30.6 Å². The standard InChI is InChI=1S/C9H11N5O/c1-7(15)8-3-11-14(5-8)6-9-4-10-13(2)12-9/h3-5H,6H2,1-2H3. The predicted octanol–water partition coefficient (Wildman–Crippen LogP) is 0.262. The number of nitrogens with zero attached hydrogens (tertiary/aromatic N) is 5. The summed E-state index contributed by atoms with van der Waals surface area (Å²) in [6, 6.07) is 0. The summed E-state index contributed by atoms with van der Waals surface area (Å²) in [7, 11) is 1.76. The molecule has 0 saturated carbocycles. The van der Waals surface area contributed by atoms with Crippen LogP contribution in [0.1, 0.15) is 23.0 Å². The molecule has 0 radical (unpaired) electrons. The van der Waals surface area contributed by atoms with Crippen molar-refractivity contribution >= 4 is 5.78 Å². The Labute approximate surface area is 86.5 Å². The molecule has 15 heavy (non-hydrogen) atoms. The van der Waals surface area contributed by atoms with Crippen molar-refractivity contribution < 1.29 is 4.79 Å². The van der Waals surface area contributed by atoms with Crippen molar-refractivity contribution in [2.24, 2.45) is 7.05 Å². The molecule has 2 aromatic heterocycles. The quantitative estimate of drug-likeness (QED) is 0.674. The summed E-state index contributed by atoms with van der Waals surface area (Å²) in [5.41, 5.74) is 1.43. The first-order valence-electron chi connectivity index (χ1n) is 4.54. The summed E-state index contributed by atoms with van der Waals surface area (Å²) in [6.07, 6.45) is 4.94. The highest BCUT2D eigenvalue weighted by Gasteiger charge is 2.04. The summed E-state index contributed by atoms with van der Waals surface area (Å²) in [4.78, 5) is 12.5. The first-order valence-corrected chi connectivity index (χ1v) is 4.54. The third-order valence-corrected chi connectivity index (χ3v) is 2.01. The van der Waals surface area contributed by atoms with Gasteiger partial charge in [0.2, 0.25) is 0 Å². The largest absolute Gasteiger partial charge is 0.294 e. The Morgan fingerprint density at radius 1 is 1.40 bits per heavy atom. The van der Waals surface area contributed by atoms with E-state index >= 15 is 0 Å². The van der Waals surface area contributed by atoms with E-state index in [1.54, 1.807) is 30.3 Å². The van der Waals surface area contributed by atoms with Gasteiger partial charge in [0, 0.05) is 13.2 Å². The molecule has 0 saturated heterocycles. The van der Waals surface area contributed by atoms with Gasteiger partial charge in [-0.15, -0.1) is 0 Å². The molecule has 0 fully saturated rings. The molecular weight excluding hydrogens is 194 g/mol. The van der Waals surface area contributed by atoms with Crippen LogP contribution in [0.5, 0.6) is 0 Å². The van der Waals surface area contributed by atoms with Crippen LogP contribution < -0.4 is 0 Å². The van der Waals surface area contributed by atoms with Gasteiger partial charge in [0.15, 0.2) is 5.78 Å². The Kier molecular flexibility index (Phi) is 2.32. The van der Waals surface area contributed by atoms with E-state index in [9.17, 15) is 4.79 Å². The summed E-state index contributed by atoms with van der Waals surface area (Å²) < 4.78 is 1.67. The zero-order chi connectivity index (χ0) is 10.8. The molecule has 0 bridgehead atoms. The number of hydrogen-bond donors (Lipinski definition) is 0. The van der Waals surface area contributed by atoms with E-state index in [-0.39, 0.29) is 5.78 Å². The predicted molar refractivity (Wildman–Crippen MR) is 52.3 cm³/mol. The highest BCUT2D eigenvalue weighted by atomic mass is 16.1. The molecule has 0 aliphatic heterocycles.